The number of nitrogens with two attached hydrogens (primary N) is 1. The Kier molecular flexibility index (Phi) is 4.03. The average Bonchev–Trinajstić information content (AvgIpc) is 2.39. The highest BCUT2D eigenvalue weighted by atomic mass is 19.1. The van der Waals surface area contributed by atoms with E-state index in [4.69, 9.17) is 15.9 Å². The van der Waals surface area contributed by atoms with Gasteiger partial charge in [0.15, 0.2) is 11.6 Å². The highest BCUT2D eigenvalue weighted by molar-refractivity contribution is 5.95. The van der Waals surface area contributed by atoms with Gasteiger partial charge in [0.1, 0.15) is 12.4 Å². The lowest BCUT2D eigenvalue weighted by molar-refractivity contribution is 0.289. The van der Waals surface area contributed by atoms with Gasteiger partial charge in [-0.15, -0.1) is 0 Å². The molecule has 3 N–H and O–H groups in total. The number of halogens is 1. The molecule has 0 spiro atoms. The van der Waals surface area contributed by atoms with E-state index < -0.39 is 5.82 Å². The molecule has 0 amide bonds. The third-order valence-corrected chi connectivity index (χ3v) is 3.26. The summed E-state index contributed by atoms with van der Waals surface area (Å²) in [6, 6.07) is 10.3. The molecule has 0 unspecified atom stereocenters. The van der Waals surface area contributed by atoms with Crippen LogP contribution >= 0.6 is 0 Å². The van der Waals surface area contributed by atoms with Gasteiger partial charge in [0.25, 0.3) is 0 Å². The molecule has 0 aliphatic heterocycles. The predicted molar refractivity (Wildman–Crippen MR) is 77.7 cm³/mol. The van der Waals surface area contributed by atoms with E-state index in [9.17, 15) is 4.39 Å². The SMILES string of the molecule is Cc1cccc(C)c1COc1ccc(C(=N)N)cc1F. The molecular weight excluding hydrogens is 255 g/mol. The summed E-state index contributed by atoms with van der Waals surface area (Å²) in [5.41, 5.74) is 8.95. The standard InChI is InChI=1S/C16H17FN2O/c1-10-4-3-5-11(2)13(10)9-20-15-7-6-12(16(18)19)8-14(15)17/h3-8H,9H2,1-2H3,(H3,18,19). The van der Waals surface area contributed by atoms with Crippen LogP contribution in [0.15, 0.2) is 36.4 Å². The lowest BCUT2D eigenvalue weighted by Gasteiger charge is -2.12. The van der Waals surface area contributed by atoms with Gasteiger partial charge in [-0.25, -0.2) is 4.39 Å². The molecule has 0 aromatic heterocycles. The Morgan fingerprint density at radius 3 is 2.40 bits per heavy atom. The number of amidine groups is 1. The van der Waals surface area contributed by atoms with E-state index >= 15 is 0 Å². The molecule has 3 nitrogen and oxygen atoms in total. The molecule has 104 valence electrons. The molecule has 0 aliphatic carbocycles. The van der Waals surface area contributed by atoms with Crippen molar-refractivity contribution in [1.29, 1.82) is 5.41 Å². The Bertz CT molecular complexity index is 633. The second-order valence-corrected chi connectivity index (χ2v) is 4.72. The highest BCUT2D eigenvalue weighted by Crippen LogP contribution is 2.21. The van der Waals surface area contributed by atoms with Crippen molar-refractivity contribution >= 4 is 5.84 Å². The average molecular weight is 272 g/mol. The van der Waals surface area contributed by atoms with Crippen molar-refractivity contribution in [2.45, 2.75) is 20.5 Å². The number of hydrogen-bond donors (Lipinski definition) is 2. The lowest BCUT2D eigenvalue weighted by Crippen LogP contribution is -2.11. The third kappa shape index (κ3) is 2.96. The molecule has 0 bridgehead atoms. The maximum atomic E-state index is 13.8. The van der Waals surface area contributed by atoms with Crippen LogP contribution in [0.4, 0.5) is 4.39 Å². The highest BCUT2D eigenvalue weighted by Gasteiger charge is 2.08. The first kappa shape index (κ1) is 14.1. The smallest absolute Gasteiger partial charge is 0.165 e. The van der Waals surface area contributed by atoms with Crippen LogP contribution in [-0.4, -0.2) is 5.84 Å². The number of aryl methyl sites for hydroxylation is 2. The summed E-state index contributed by atoms with van der Waals surface area (Å²) in [7, 11) is 0. The Hall–Kier alpha value is -2.36. The van der Waals surface area contributed by atoms with E-state index in [-0.39, 0.29) is 11.6 Å². The molecule has 0 heterocycles. The van der Waals surface area contributed by atoms with E-state index in [1.807, 2.05) is 32.0 Å². The number of benzene rings is 2. The largest absolute Gasteiger partial charge is 0.486 e. The fourth-order valence-electron chi connectivity index (χ4n) is 2.01. The molecule has 0 fully saturated rings. The van der Waals surface area contributed by atoms with Crippen molar-refractivity contribution in [3.05, 3.63) is 64.5 Å². The van der Waals surface area contributed by atoms with Crippen LogP contribution in [-0.2, 0) is 6.61 Å². The van der Waals surface area contributed by atoms with E-state index in [1.165, 1.54) is 12.1 Å². The Balaban J connectivity index is 2.17. The molecular formula is C16H17FN2O. The van der Waals surface area contributed by atoms with Gasteiger partial charge in [-0.05, 0) is 48.7 Å². The zero-order valence-corrected chi connectivity index (χ0v) is 11.5. The summed E-state index contributed by atoms with van der Waals surface area (Å²) in [5.74, 6) is -0.508. The summed E-state index contributed by atoms with van der Waals surface area (Å²) < 4.78 is 19.4. The number of nitrogens with one attached hydrogen (secondary N) is 1. The summed E-state index contributed by atoms with van der Waals surface area (Å²) in [4.78, 5) is 0. The molecule has 2 aromatic rings. The molecule has 0 radical (unpaired) electrons. The number of hydrogen-bond acceptors (Lipinski definition) is 2. The Morgan fingerprint density at radius 1 is 1.20 bits per heavy atom. The maximum Gasteiger partial charge on any atom is 0.165 e. The van der Waals surface area contributed by atoms with Gasteiger partial charge in [0, 0.05) is 5.56 Å². The maximum absolute atomic E-state index is 13.8. The molecule has 0 atom stereocenters. The monoisotopic (exact) mass is 272 g/mol. The first-order chi connectivity index (χ1) is 9.49. The first-order valence-corrected chi connectivity index (χ1v) is 6.31. The number of nitrogen functional groups attached to an aromatic ring is 1. The topological polar surface area (TPSA) is 59.1 Å². The summed E-state index contributed by atoms with van der Waals surface area (Å²) in [6.07, 6.45) is 0. The molecule has 4 heteroatoms. The summed E-state index contributed by atoms with van der Waals surface area (Å²) in [5, 5.41) is 7.27. The van der Waals surface area contributed by atoms with Gasteiger partial charge >= 0.3 is 0 Å². The van der Waals surface area contributed by atoms with E-state index in [0.717, 1.165) is 16.7 Å². The quantitative estimate of drug-likeness (QED) is 0.662. The normalized spacial score (nSPS) is 10.3. The van der Waals surface area contributed by atoms with Gasteiger partial charge < -0.3 is 10.5 Å². The van der Waals surface area contributed by atoms with Crippen LogP contribution in [0.3, 0.4) is 0 Å². The molecule has 2 aromatic carbocycles. The van der Waals surface area contributed by atoms with Crippen molar-refractivity contribution in [2.75, 3.05) is 0 Å². The molecule has 2 rings (SSSR count). The van der Waals surface area contributed by atoms with Gasteiger partial charge in [-0.3, -0.25) is 5.41 Å². The van der Waals surface area contributed by atoms with Gasteiger partial charge in [0.05, 0.1) is 0 Å². The second-order valence-electron chi connectivity index (χ2n) is 4.72. The van der Waals surface area contributed by atoms with Crippen molar-refractivity contribution < 1.29 is 9.13 Å². The molecule has 0 aliphatic rings. The van der Waals surface area contributed by atoms with Crippen molar-refractivity contribution in [1.82, 2.24) is 0 Å². The Labute approximate surface area is 117 Å². The predicted octanol–water partition coefficient (Wildman–Crippen LogP) is 3.31. The van der Waals surface area contributed by atoms with Crippen LogP contribution in [0.2, 0.25) is 0 Å². The summed E-state index contributed by atoms with van der Waals surface area (Å²) in [6.45, 7) is 4.32. The fraction of sp³-hybridized carbons (Fsp3) is 0.188. The number of ether oxygens (including phenoxy) is 1. The first-order valence-electron chi connectivity index (χ1n) is 6.31. The minimum Gasteiger partial charge on any atom is -0.486 e. The minimum absolute atomic E-state index is 0.162. The zero-order valence-electron chi connectivity index (χ0n) is 11.5. The lowest BCUT2D eigenvalue weighted by atomic mass is 10.0. The molecule has 0 saturated carbocycles. The van der Waals surface area contributed by atoms with Crippen LogP contribution in [0.1, 0.15) is 22.3 Å². The van der Waals surface area contributed by atoms with Crippen molar-refractivity contribution in [2.24, 2.45) is 5.73 Å². The third-order valence-electron chi connectivity index (χ3n) is 3.26. The van der Waals surface area contributed by atoms with E-state index in [0.29, 0.717) is 12.2 Å². The molecule has 0 saturated heterocycles. The van der Waals surface area contributed by atoms with E-state index in [1.54, 1.807) is 6.07 Å². The zero-order chi connectivity index (χ0) is 14.7. The van der Waals surface area contributed by atoms with Gasteiger partial charge in [-0.2, -0.15) is 0 Å². The van der Waals surface area contributed by atoms with Crippen LogP contribution in [0.5, 0.6) is 5.75 Å². The van der Waals surface area contributed by atoms with Crippen LogP contribution in [0, 0.1) is 25.1 Å². The van der Waals surface area contributed by atoms with E-state index in [2.05, 4.69) is 0 Å². The van der Waals surface area contributed by atoms with Crippen LogP contribution in [0.25, 0.3) is 0 Å². The van der Waals surface area contributed by atoms with Gasteiger partial charge in [0.2, 0.25) is 0 Å². The number of rotatable bonds is 4. The van der Waals surface area contributed by atoms with Gasteiger partial charge in [-0.1, -0.05) is 18.2 Å². The summed E-state index contributed by atoms with van der Waals surface area (Å²) >= 11 is 0. The van der Waals surface area contributed by atoms with Crippen molar-refractivity contribution in [3.8, 4) is 5.75 Å². The Morgan fingerprint density at radius 2 is 1.85 bits per heavy atom. The minimum atomic E-state index is -0.510. The molecule has 20 heavy (non-hydrogen) atoms. The van der Waals surface area contributed by atoms with Crippen molar-refractivity contribution in [3.63, 3.8) is 0 Å². The second kappa shape index (κ2) is 5.74. The fourth-order valence-corrected chi connectivity index (χ4v) is 2.01. The van der Waals surface area contributed by atoms with Crippen LogP contribution < -0.4 is 10.5 Å².